The number of aryl methyl sites for hydroxylation is 8. The van der Waals surface area contributed by atoms with Crippen molar-refractivity contribution in [3.63, 3.8) is 0 Å². The zero-order valence-electron chi connectivity index (χ0n) is 82.4. The molecule has 16 aromatic rings. The largest absolute Gasteiger partial charge is 0.472 e. The van der Waals surface area contributed by atoms with Crippen LogP contribution in [-0.4, -0.2) is 221 Å². The number of nitrogens with one attached hydrogen (secondary N) is 5. The Bertz CT molecular complexity index is 6260. The predicted molar refractivity (Wildman–Crippen MR) is 560 cm³/mol. The molecule has 0 aromatic carbocycles. The third kappa shape index (κ3) is 38.3. The van der Waals surface area contributed by atoms with Gasteiger partial charge in [-0.2, -0.15) is 120 Å². The van der Waals surface area contributed by atoms with Crippen LogP contribution in [0.15, 0.2) is 124 Å². The number of anilines is 24. The van der Waals surface area contributed by atoms with Crippen LogP contribution in [0.5, 0.6) is 0 Å². The Morgan fingerprint density at radius 1 is 0.245 bits per heavy atom. The normalized spacial score (nSPS) is 10.5. The second-order valence-electron chi connectivity index (χ2n) is 31.9. The molecule has 0 unspecified atom stereocenters. The first-order chi connectivity index (χ1) is 68.2. The highest BCUT2D eigenvalue weighted by molar-refractivity contribution is 7.10. The van der Waals surface area contributed by atoms with Crippen molar-refractivity contribution in [1.82, 2.24) is 120 Å². The summed E-state index contributed by atoms with van der Waals surface area (Å²) in [6.45, 7) is 21.8. The van der Waals surface area contributed by atoms with Crippen molar-refractivity contribution in [2.24, 2.45) is 0 Å². The lowest BCUT2D eigenvalue weighted by atomic mass is 10.1. The van der Waals surface area contributed by atoms with Crippen LogP contribution >= 0.6 is 22.7 Å². The first kappa shape index (κ1) is 109. The molecule has 0 saturated carbocycles. The molecule has 0 aliphatic heterocycles. The highest BCUT2D eigenvalue weighted by Gasteiger charge is 2.17. The number of nitrogen functional groups attached to an aromatic ring is 14. The zero-order valence-corrected chi connectivity index (χ0v) is 84.0. The molecule has 0 bridgehead atoms. The van der Waals surface area contributed by atoms with E-state index in [1.165, 1.54) is 26.4 Å². The number of aromatic nitrogens is 24. The minimum atomic E-state index is 0.110. The van der Waals surface area contributed by atoms with Gasteiger partial charge in [-0.15, -0.1) is 22.7 Å². The molecule has 0 saturated heterocycles. The minimum Gasteiger partial charge on any atom is -0.472 e. The van der Waals surface area contributed by atoms with Gasteiger partial charge in [-0.25, -0.2) is 0 Å². The van der Waals surface area contributed by atoms with Crippen molar-refractivity contribution in [3.8, 4) is 0 Å². The van der Waals surface area contributed by atoms with Gasteiger partial charge in [0.1, 0.15) is 17.3 Å². The van der Waals surface area contributed by atoms with Crippen LogP contribution in [0.1, 0.15) is 88.2 Å². The van der Waals surface area contributed by atoms with Crippen molar-refractivity contribution in [3.05, 3.63) is 186 Å². The Labute approximate surface area is 832 Å². The Morgan fingerprint density at radius 3 is 0.720 bits per heavy atom. The maximum atomic E-state index is 5.64. The fourth-order valence-electron chi connectivity index (χ4n) is 12.4. The van der Waals surface area contributed by atoms with Gasteiger partial charge in [-0.1, -0.05) is 0 Å². The summed E-state index contributed by atoms with van der Waals surface area (Å²) in [6.07, 6.45) is 22.5. The molecule has 0 radical (unpaired) electrons. The molecule has 0 amide bonds. The standard InChI is InChI=1S/2C12H18N6O.2C11H16N6O.C11H16N6S.2C10H14N6O.C10H14N6S/c1-8-6-19-7-9(8)4-5-14-11-15-10(13)16-12(17-11)18(2)3;1-8-6-9(7-19-8)4-5-14-11-15-10(13)16-12(17-11)18(2)3;1-7-5-18-6-8(7)3-4-17(2)11-15-9(12)14-10(13)16-11;1-7-5-8(6-18-7)3-4-17(2)11-15-9(12)14-10(13)16-11;1-7-8(4-6-18-7)3-5-17(2)11-15-9(12)14-10(13)16-11;1-6-4-17-5-7(6)2-3-13-10-15-8(11)14-9(12)16-10;1-6-4-7(5-17-6)2-3-13-10-15-8(11)14-9(12)16-10;1-6-7(3-5-17-6)2-4-13-10-15-8(11)14-9(12)16-10/h2*6-7H,4-5H2,1-3H3,(H3,13,14,15,16,17);2*5-6H,3-4H2,1-2H3,(H4,12,13,14,15,16);4,6H,3,5H2,1-2H3,(H4,12,13,14,15,16);2*4-5H,2-3H2,1H3,(H5,11,12,13,14,15,16);3,5H,2,4H2,1H3,(H5,11,12,13,14,15,16). The summed E-state index contributed by atoms with van der Waals surface area (Å²) in [5, 5.41) is 19.6. The second-order valence-corrected chi connectivity index (χ2v) is 34.2. The number of nitrogens with zero attached hydrogens (tertiary/aromatic N) is 29. The van der Waals surface area contributed by atoms with Crippen LogP contribution < -0.4 is 131 Å². The van der Waals surface area contributed by atoms with Crippen LogP contribution in [0.3, 0.4) is 0 Å². The lowest BCUT2D eigenvalue weighted by Crippen LogP contribution is -2.24. The van der Waals surface area contributed by atoms with Crippen LogP contribution in [-0.2, 0) is 51.4 Å². The molecule has 0 aliphatic carbocycles. The fraction of sp³-hybridized carbons (Fsp3) is 0.356. The van der Waals surface area contributed by atoms with Gasteiger partial charge in [0.15, 0.2) is 0 Å². The molecule has 56 heteroatoms. The number of hydrogen-bond donors (Lipinski definition) is 19. The van der Waals surface area contributed by atoms with Gasteiger partial charge in [0.25, 0.3) is 0 Å². The molecular weight excluding hydrogens is 1880 g/mol. The number of rotatable bonds is 34. The van der Waals surface area contributed by atoms with E-state index in [4.69, 9.17) is 107 Å². The summed E-state index contributed by atoms with van der Waals surface area (Å²) in [5.41, 5.74) is 90.2. The molecule has 143 heavy (non-hydrogen) atoms. The monoisotopic (exact) mass is 2000 g/mol. The Morgan fingerprint density at radius 2 is 0.469 bits per heavy atom. The van der Waals surface area contributed by atoms with Gasteiger partial charge in [0.05, 0.1) is 56.4 Å². The van der Waals surface area contributed by atoms with Gasteiger partial charge in [-0.3, -0.25) is 0 Å². The van der Waals surface area contributed by atoms with Crippen molar-refractivity contribution in [2.45, 2.75) is 107 Å². The summed E-state index contributed by atoms with van der Waals surface area (Å²) >= 11 is 3.50. The molecule has 0 aliphatic rings. The molecular formula is C87H126N48O6S2. The molecule has 33 N–H and O–H groups in total. The maximum absolute atomic E-state index is 5.64. The Hall–Kier alpha value is -17.6. The van der Waals surface area contributed by atoms with E-state index in [1.54, 1.807) is 88.8 Å². The van der Waals surface area contributed by atoms with Gasteiger partial charge in [0, 0.05) is 111 Å². The average molecular weight is 2000 g/mol. The second kappa shape index (κ2) is 54.5. The maximum Gasteiger partial charge on any atom is 0.231 e. The average Bonchev–Trinajstić information content (AvgIpc) is 1.73. The number of hydrogen-bond acceptors (Lipinski definition) is 56. The number of thiophene rings is 2. The van der Waals surface area contributed by atoms with E-state index < -0.39 is 0 Å². The topological polar surface area (TPSA) is 829 Å². The van der Waals surface area contributed by atoms with Crippen molar-refractivity contribution in [1.29, 1.82) is 0 Å². The highest BCUT2D eigenvalue weighted by atomic mass is 32.1. The van der Waals surface area contributed by atoms with E-state index >= 15 is 0 Å². The number of likely N-dealkylation sites (N-methyl/N-ethyl adjacent to an activating group) is 3. The summed E-state index contributed by atoms with van der Waals surface area (Å²) in [6, 6.07) is 10.3. The zero-order chi connectivity index (χ0) is 104. The fourth-order valence-corrected chi connectivity index (χ4v) is 13.9. The van der Waals surface area contributed by atoms with Crippen molar-refractivity contribution >= 4 is 165 Å². The van der Waals surface area contributed by atoms with Crippen LogP contribution in [0.25, 0.3) is 0 Å². The van der Waals surface area contributed by atoms with E-state index in [9.17, 15) is 0 Å². The smallest absolute Gasteiger partial charge is 0.231 e. The lowest BCUT2D eigenvalue weighted by Gasteiger charge is -2.17. The lowest BCUT2D eigenvalue weighted by molar-refractivity contribution is 0.531. The SMILES string of the molecule is Cc1cc(CCN(C)c2nc(N)nc(N)n2)co1.Cc1cc(CCNc2nc(N)nc(N(C)C)n2)co1.Cc1cc(CCNc2nc(N)nc(N)n2)co1.Cc1cocc1CCN(C)c1nc(N)nc(N)n1.Cc1cocc1CCNc1nc(N)nc(N(C)C)n1.Cc1cocc1CCNc1nc(N)nc(N)n1.Cc1sccc1CCN(C)c1nc(N)nc(N)n1.Cc1sccc1CCNc1nc(N)nc(N)n1. The minimum absolute atomic E-state index is 0.110. The first-order valence-corrected chi connectivity index (χ1v) is 46.0. The Balaban J connectivity index is 0.000000182. The van der Waals surface area contributed by atoms with Crippen LogP contribution in [0.2, 0.25) is 0 Å². The molecule has 0 fully saturated rings. The van der Waals surface area contributed by atoms with E-state index in [2.05, 4.69) is 183 Å². The van der Waals surface area contributed by atoms with Crippen molar-refractivity contribution in [2.75, 3.05) is 233 Å². The molecule has 16 heterocycles. The van der Waals surface area contributed by atoms with E-state index in [0.29, 0.717) is 85.7 Å². The van der Waals surface area contributed by atoms with Gasteiger partial charge >= 0.3 is 0 Å². The van der Waals surface area contributed by atoms with Crippen LogP contribution in [0.4, 0.5) is 143 Å². The molecule has 16 rings (SSSR count). The summed E-state index contributed by atoms with van der Waals surface area (Å²) in [7, 11) is 13.1. The van der Waals surface area contributed by atoms with E-state index in [-0.39, 0.29) is 83.3 Å². The van der Waals surface area contributed by atoms with Crippen LogP contribution in [0, 0.1) is 55.4 Å². The molecule has 0 spiro atoms. The highest BCUT2D eigenvalue weighted by Crippen LogP contribution is 2.23. The van der Waals surface area contributed by atoms with Crippen molar-refractivity contribution < 1.29 is 26.5 Å². The molecule has 54 nitrogen and oxygen atoms in total. The quantitative estimate of drug-likeness (QED) is 0.0199. The van der Waals surface area contributed by atoms with Gasteiger partial charge in [0.2, 0.25) is 143 Å². The molecule has 0 atom stereocenters. The Kier molecular flexibility index (Phi) is 41.5. The first-order valence-electron chi connectivity index (χ1n) is 44.3. The summed E-state index contributed by atoms with van der Waals surface area (Å²) in [4.78, 5) is 107. The third-order valence-electron chi connectivity index (χ3n) is 19.9. The number of furan rings is 6. The third-order valence-corrected chi connectivity index (χ3v) is 21.6. The van der Waals surface area contributed by atoms with E-state index in [0.717, 1.165) is 139 Å². The van der Waals surface area contributed by atoms with E-state index in [1.807, 2.05) is 124 Å². The van der Waals surface area contributed by atoms with Gasteiger partial charge < -0.3 is 158 Å². The van der Waals surface area contributed by atoms with Gasteiger partial charge in [-0.05, 0) is 209 Å². The summed E-state index contributed by atoms with van der Waals surface area (Å²) < 4.78 is 31.0. The summed E-state index contributed by atoms with van der Waals surface area (Å²) in [5.74, 6) is 9.33. The molecule has 762 valence electrons. The predicted octanol–water partition coefficient (Wildman–Crippen LogP) is 6.71. The molecule has 16 aromatic heterocycles. The number of nitrogens with two attached hydrogens (primary N) is 14.